The number of fused-ring (bicyclic) bond motifs is 6. The molecule has 0 N–H and O–H groups in total. The lowest BCUT2D eigenvalue weighted by molar-refractivity contribution is 0.207. The summed E-state index contributed by atoms with van der Waals surface area (Å²) in [7, 11) is 0. The lowest BCUT2D eigenvalue weighted by Crippen LogP contribution is -2.32. The molecule has 274 valence electrons. The van der Waals surface area contributed by atoms with E-state index in [2.05, 4.69) is 154 Å². The first-order valence-electron chi connectivity index (χ1n) is 20.0. The van der Waals surface area contributed by atoms with Gasteiger partial charge in [-0.25, -0.2) is 9.98 Å². The highest BCUT2D eigenvalue weighted by Crippen LogP contribution is 2.42. The van der Waals surface area contributed by atoms with Crippen molar-refractivity contribution >= 4 is 49.6 Å². The summed E-state index contributed by atoms with van der Waals surface area (Å²) < 4.78 is 11.4. The van der Waals surface area contributed by atoms with Gasteiger partial charge in [0.1, 0.15) is 12.3 Å². The molecule has 1 aliphatic heterocycles. The number of hydrogen-bond donors (Lipinski definition) is 0. The number of benzene rings is 5. The lowest BCUT2D eigenvalue weighted by Gasteiger charge is -2.25. The Bertz CT molecular complexity index is 2840. The summed E-state index contributed by atoms with van der Waals surface area (Å²) in [6.45, 7) is 14.3. The fourth-order valence-corrected chi connectivity index (χ4v) is 9.41. The molecule has 0 saturated heterocycles. The highest BCUT2D eigenvalue weighted by atomic mass is 16.5. The van der Waals surface area contributed by atoms with Crippen molar-refractivity contribution in [3.05, 3.63) is 138 Å². The van der Waals surface area contributed by atoms with Crippen LogP contribution in [0.5, 0.6) is 0 Å². The molecule has 1 aliphatic carbocycles. The third-order valence-corrected chi connectivity index (χ3v) is 12.5. The van der Waals surface area contributed by atoms with Crippen molar-refractivity contribution in [3.63, 3.8) is 0 Å². The first-order chi connectivity index (χ1) is 26.6. The van der Waals surface area contributed by atoms with Crippen LogP contribution in [0.2, 0.25) is 0 Å². The van der Waals surface area contributed by atoms with E-state index in [1.54, 1.807) is 0 Å². The third-order valence-electron chi connectivity index (χ3n) is 12.5. The zero-order valence-electron chi connectivity index (χ0n) is 32.8. The molecule has 5 heteroatoms. The summed E-state index contributed by atoms with van der Waals surface area (Å²) in [5.74, 6) is 1.36. The maximum absolute atomic E-state index is 6.53. The van der Waals surface area contributed by atoms with E-state index in [1.807, 2.05) is 12.3 Å². The maximum atomic E-state index is 6.53. The number of nitrogens with zero attached hydrogens (tertiary/aromatic N) is 4. The van der Waals surface area contributed by atoms with Crippen molar-refractivity contribution in [2.45, 2.75) is 78.2 Å². The quantitative estimate of drug-likeness (QED) is 0.178. The van der Waals surface area contributed by atoms with Gasteiger partial charge in [0.25, 0.3) is 0 Å². The minimum atomic E-state index is -0.168. The van der Waals surface area contributed by atoms with Crippen LogP contribution in [-0.4, -0.2) is 32.2 Å². The number of aryl methyl sites for hydroxylation is 2. The van der Waals surface area contributed by atoms with Crippen molar-refractivity contribution in [2.24, 2.45) is 10.9 Å². The van der Waals surface area contributed by atoms with Gasteiger partial charge in [0.05, 0.1) is 27.8 Å². The summed E-state index contributed by atoms with van der Waals surface area (Å²) >= 11 is 0. The Morgan fingerprint density at radius 3 is 2.22 bits per heavy atom. The predicted molar refractivity (Wildman–Crippen MR) is 229 cm³/mol. The number of aromatic nitrogens is 3. The summed E-state index contributed by atoms with van der Waals surface area (Å²) in [5, 5.41) is 4.84. The molecule has 0 spiro atoms. The molecule has 8 aromatic rings. The Hall–Kier alpha value is -5.68. The Labute approximate surface area is 323 Å². The van der Waals surface area contributed by atoms with Crippen molar-refractivity contribution in [1.82, 2.24) is 14.1 Å². The fraction of sp³-hybridized carbons (Fsp3) is 0.280. The molecule has 10 rings (SSSR count). The zero-order chi connectivity index (χ0) is 37.6. The molecule has 0 amide bonds. The molecule has 4 heterocycles. The molecule has 0 unspecified atom stereocenters. The van der Waals surface area contributed by atoms with Crippen LogP contribution in [0.4, 0.5) is 0 Å². The third kappa shape index (κ3) is 5.50. The first-order valence-corrected chi connectivity index (χ1v) is 20.0. The highest BCUT2D eigenvalue weighted by Gasteiger charge is 2.41. The van der Waals surface area contributed by atoms with E-state index in [9.17, 15) is 0 Å². The first kappa shape index (κ1) is 33.9. The average molecular weight is 721 g/mol. The molecule has 5 nitrogen and oxygen atoms in total. The van der Waals surface area contributed by atoms with Crippen molar-refractivity contribution in [3.8, 4) is 22.5 Å². The predicted octanol–water partition coefficient (Wildman–Crippen LogP) is 12.6. The molecule has 5 aromatic carbocycles. The average Bonchev–Trinajstić information content (AvgIpc) is 3.99. The summed E-state index contributed by atoms with van der Waals surface area (Å²) in [6, 6.07) is 40.3. The Morgan fingerprint density at radius 2 is 1.42 bits per heavy atom. The Balaban J connectivity index is 1.22. The van der Waals surface area contributed by atoms with Gasteiger partial charge in [-0.05, 0) is 134 Å². The largest absolute Gasteiger partial charge is 0.475 e. The van der Waals surface area contributed by atoms with Crippen molar-refractivity contribution in [1.29, 1.82) is 0 Å². The van der Waals surface area contributed by atoms with Gasteiger partial charge in [0, 0.05) is 39.0 Å². The lowest BCUT2D eigenvalue weighted by atomic mass is 9.85. The maximum Gasteiger partial charge on any atom is 0.216 e. The van der Waals surface area contributed by atoms with Gasteiger partial charge < -0.3 is 9.30 Å². The second kappa shape index (κ2) is 12.4. The highest BCUT2D eigenvalue weighted by molar-refractivity contribution is 6.12. The number of pyridine rings is 1. The van der Waals surface area contributed by atoms with Crippen LogP contribution in [0.15, 0.2) is 120 Å². The molecular formula is C50H48N4O. The molecule has 55 heavy (non-hydrogen) atoms. The van der Waals surface area contributed by atoms with Gasteiger partial charge in [0.15, 0.2) is 0 Å². The van der Waals surface area contributed by atoms with Gasteiger partial charge in [-0.2, -0.15) is 0 Å². The van der Waals surface area contributed by atoms with E-state index in [4.69, 9.17) is 14.7 Å². The number of aliphatic imine (C=N–C) groups is 1. The van der Waals surface area contributed by atoms with Gasteiger partial charge in [-0.15, -0.1) is 0 Å². The van der Waals surface area contributed by atoms with Crippen molar-refractivity contribution < 1.29 is 4.74 Å². The normalized spacial score (nSPS) is 17.9. The topological polar surface area (TPSA) is 44.3 Å². The standard InChI is InChI=1S/C50H48N4O/c1-31-18-20-43-40(23-31)41-24-32(2)45(54-44-21-19-34(33-13-8-7-9-14-33)27-42(44)39-17-12-22-51-47(39)54)29-46(41)53(43)38-26-35(25-37(28-38)49(3,4)5)48-52-50(6,30-55-48)36-15-10-11-16-36/h7-9,12-14,17-29,36H,10-11,15-16,30H2,1-6H3/t50-/m0/s1. The second-order valence-corrected chi connectivity index (χ2v) is 17.4. The molecule has 1 atom stereocenters. The van der Waals surface area contributed by atoms with Crippen LogP contribution < -0.4 is 0 Å². The number of ether oxygens (including phenoxy) is 1. The van der Waals surface area contributed by atoms with Crippen LogP contribution in [0.1, 0.15) is 75.6 Å². The molecular weight excluding hydrogens is 673 g/mol. The Morgan fingerprint density at radius 1 is 0.673 bits per heavy atom. The van der Waals surface area contributed by atoms with Gasteiger partial charge in [0.2, 0.25) is 5.90 Å². The van der Waals surface area contributed by atoms with Gasteiger partial charge in [-0.3, -0.25) is 4.57 Å². The summed E-state index contributed by atoms with van der Waals surface area (Å²) in [6.07, 6.45) is 6.98. The van der Waals surface area contributed by atoms with Crippen LogP contribution in [0.25, 0.3) is 66.2 Å². The molecule has 1 fully saturated rings. The summed E-state index contributed by atoms with van der Waals surface area (Å²) in [4.78, 5) is 10.4. The second-order valence-electron chi connectivity index (χ2n) is 17.4. The molecule has 1 saturated carbocycles. The Kier molecular flexibility index (Phi) is 7.65. The van der Waals surface area contributed by atoms with E-state index in [-0.39, 0.29) is 11.0 Å². The van der Waals surface area contributed by atoms with Crippen molar-refractivity contribution in [2.75, 3.05) is 6.61 Å². The molecule has 3 aromatic heterocycles. The van der Waals surface area contributed by atoms with E-state index in [1.165, 1.54) is 75.2 Å². The minimum absolute atomic E-state index is 0.0803. The summed E-state index contributed by atoms with van der Waals surface area (Å²) in [5.41, 5.74) is 13.6. The van der Waals surface area contributed by atoms with Crippen LogP contribution in [-0.2, 0) is 10.2 Å². The van der Waals surface area contributed by atoms with E-state index in [0.717, 1.165) is 44.9 Å². The zero-order valence-corrected chi connectivity index (χ0v) is 32.8. The molecule has 2 aliphatic rings. The van der Waals surface area contributed by atoms with Crippen LogP contribution in [0.3, 0.4) is 0 Å². The molecule has 0 radical (unpaired) electrons. The number of hydrogen-bond acceptors (Lipinski definition) is 3. The van der Waals surface area contributed by atoms with Crippen LogP contribution >= 0.6 is 0 Å². The van der Waals surface area contributed by atoms with E-state index in [0.29, 0.717) is 12.5 Å². The number of rotatable bonds is 5. The van der Waals surface area contributed by atoms with Gasteiger partial charge in [-0.1, -0.05) is 81.6 Å². The van der Waals surface area contributed by atoms with Crippen LogP contribution in [0, 0.1) is 19.8 Å². The van der Waals surface area contributed by atoms with E-state index >= 15 is 0 Å². The molecule has 0 bridgehead atoms. The fourth-order valence-electron chi connectivity index (χ4n) is 9.41. The minimum Gasteiger partial charge on any atom is -0.475 e. The SMILES string of the molecule is Cc1ccc2c(c1)c1cc(C)c(-n3c4ccc(-c5ccccc5)cc4c4cccnc43)cc1n2-c1cc(C2=N[C@](C)(C3CCCC3)CO2)cc(C(C)(C)C)c1. The van der Waals surface area contributed by atoms with Gasteiger partial charge >= 0.3 is 0 Å². The van der Waals surface area contributed by atoms with E-state index < -0.39 is 0 Å². The smallest absolute Gasteiger partial charge is 0.216 e. The monoisotopic (exact) mass is 720 g/mol.